The van der Waals surface area contributed by atoms with Crippen LogP contribution in [0.3, 0.4) is 0 Å². The first-order valence-electron chi connectivity index (χ1n) is 7.87. The fourth-order valence-electron chi connectivity index (χ4n) is 2.41. The largest absolute Gasteiger partial charge is 0.449 e. The summed E-state index contributed by atoms with van der Waals surface area (Å²) in [6.07, 6.45) is -1.18. The highest BCUT2D eigenvalue weighted by Gasteiger charge is 2.21. The number of amides is 1. The number of hydrogen-bond acceptors (Lipinski definition) is 4. The Bertz CT molecular complexity index is 1040. The molecule has 1 heterocycles. The van der Waals surface area contributed by atoms with E-state index in [1.54, 1.807) is 24.3 Å². The lowest BCUT2D eigenvalue weighted by Crippen LogP contribution is -2.30. The molecule has 0 unspecified atom stereocenters. The smallest absolute Gasteiger partial charge is 0.339 e. The van der Waals surface area contributed by atoms with Crippen molar-refractivity contribution < 1.29 is 23.1 Å². The molecule has 0 aliphatic heterocycles. The van der Waals surface area contributed by atoms with Crippen LogP contribution in [0.5, 0.6) is 0 Å². The number of nitrogens with one attached hydrogen (secondary N) is 1. The minimum absolute atomic E-state index is 0.0409. The molecule has 1 atom stereocenters. The van der Waals surface area contributed by atoms with Gasteiger partial charge in [0.1, 0.15) is 5.15 Å². The second-order valence-electron chi connectivity index (χ2n) is 5.68. The number of rotatable bonds is 4. The summed E-state index contributed by atoms with van der Waals surface area (Å²) >= 11 is 5.94. The summed E-state index contributed by atoms with van der Waals surface area (Å²) in [4.78, 5) is 28.8. The summed E-state index contributed by atoms with van der Waals surface area (Å²) in [6, 6.07) is 11.1. The van der Waals surface area contributed by atoms with Gasteiger partial charge in [-0.1, -0.05) is 29.8 Å². The number of ether oxygens (including phenoxy) is 1. The van der Waals surface area contributed by atoms with Gasteiger partial charge in [0.2, 0.25) is 0 Å². The minimum Gasteiger partial charge on any atom is -0.449 e. The third-order valence-corrected chi connectivity index (χ3v) is 3.94. The van der Waals surface area contributed by atoms with E-state index in [9.17, 15) is 18.4 Å². The summed E-state index contributed by atoms with van der Waals surface area (Å²) in [5.74, 6) is -3.59. The second kappa shape index (κ2) is 7.67. The van der Waals surface area contributed by atoms with Crippen LogP contribution in [-0.2, 0) is 9.53 Å². The van der Waals surface area contributed by atoms with Gasteiger partial charge in [0.25, 0.3) is 5.91 Å². The molecule has 3 aromatic rings. The monoisotopic (exact) mass is 390 g/mol. The summed E-state index contributed by atoms with van der Waals surface area (Å²) in [5, 5.41) is 2.99. The van der Waals surface area contributed by atoms with Gasteiger partial charge < -0.3 is 10.1 Å². The van der Waals surface area contributed by atoms with Gasteiger partial charge in [-0.3, -0.25) is 4.79 Å². The molecular formula is C19H13ClF2N2O3. The molecule has 3 rings (SSSR count). The summed E-state index contributed by atoms with van der Waals surface area (Å²) in [6.45, 7) is 1.36. The SMILES string of the molecule is C[C@H](OC(=O)c1cc(Cl)nc2ccccc12)C(=O)Nc1ccc(F)c(F)c1. The van der Waals surface area contributed by atoms with Crippen LogP contribution in [0.4, 0.5) is 14.5 Å². The van der Waals surface area contributed by atoms with Crippen LogP contribution in [-0.4, -0.2) is 23.0 Å². The number of nitrogens with zero attached hydrogens (tertiary/aromatic N) is 1. The average Bonchev–Trinajstić information content (AvgIpc) is 2.63. The van der Waals surface area contributed by atoms with Crippen molar-refractivity contribution >= 4 is 40.1 Å². The van der Waals surface area contributed by atoms with Gasteiger partial charge in [-0.05, 0) is 31.2 Å². The number of benzene rings is 2. The normalized spacial score (nSPS) is 11.9. The standard InChI is InChI=1S/C19H13ClF2N2O3/c1-10(18(25)23-11-6-7-14(21)15(22)8-11)27-19(26)13-9-17(20)24-16-5-3-2-4-12(13)16/h2-10H,1H3,(H,23,25)/t10-/m0/s1. The first-order valence-corrected chi connectivity index (χ1v) is 8.25. The number of anilines is 1. The molecule has 1 N–H and O–H groups in total. The molecule has 2 aromatic carbocycles. The molecule has 0 spiro atoms. The van der Waals surface area contributed by atoms with Gasteiger partial charge >= 0.3 is 5.97 Å². The van der Waals surface area contributed by atoms with Gasteiger partial charge in [0.15, 0.2) is 17.7 Å². The topological polar surface area (TPSA) is 68.3 Å². The van der Waals surface area contributed by atoms with E-state index in [1.807, 2.05) is 0 Å². The van der Waals surface area contributed by atoms with Crippen molar-refractivity contribution in [2.75, 3.05) is 5.32 Å². The van der Waals surface area contributed by atoms with Crippen LogP contribution in [0.15, 0.2) is 48.5 Å². The predicted molar refractivity (Wildman–Crippen MR) is 96.6 cm³/mol. The molecule has 138 valence electrons. The molecule has 0 aliphatic carbocycles. The Morgan fingerprint density at radius 2 is 1.85 bits per heavy atom. The van der Waals surface area contributed by atoms with E-state index in [4.69, 9.17) is 16.3 Å². The van der Waals surface area contributed by atoms with E-state index in [0.29, 0.717) is 10.9 Å². The molecule has 5 nitrogen and oxygen atoms in total. The molecule has 0 saturated carbocycles. The van der Waals surface area contributed by atoms with Gasteiger partial charge in [-0.15, -0.1) is 0 Å². The van der Waals surface area contributed by atoms with E-state index in [-0.39, 0.29) is 16.4 Å². The Labute approximate surface area is 157 Å². The fraction of sp³-hybridized carbons (Fsp3) is 0.105. The molecule has 0 bridgehead atoms. The third-order valence-electron chi connectivity index (χ3n) is 3.75. The second-order valence-corrected chi connectivity index (χ2v) is 6.06. The van der Waals surface area contributed by atoms with Crippen molar-refractivity contribution in [1.82, 2.24) is 4.98 Å². The Morgan fingerprint density at radius 1 is 1.11 bits per heavy atom. The van der Waals surface area contributed by atoms with Crippen LogP contribution in [0.25, 0.3) is 10.9 Å². The fourth-order valence-corrected chi connectivity index (χ4v) is 2.61. The maximum Gasteiger partial charge on any atom is 0.339 e. The van der Waals surface area contributed by atoms with Crippen molar-refractivity contribution in [2.45, 2.75) is 13.0 Å². The number of carbonyl (C=O) groups is 2. The van der Waals surface area contributed by atoms with Gasteiger partial charge in [0.05, 0.1) is 11.1 Å². The number of carbonyl (C=O) groups excluding carboxylic acids is 2. The number of halogens is 3. The van der Waals surface area contributed by atoms with E-state index >= 15 is 0 Å². The van der Waals surface area contributed by atoms with Crippen LogP contribution in [0.1, 0.15) is 17.3 Å². The lowest BCUT2D eigenvalue weighted by atomic mass is 10.1. The lowest BCUT2D eigenvalue weighted by molar-refractivity contribution is -0.123. The van der Waals surface area contributed by atoms with Crippen molar-refractivity contribution in [3.63, 3.8) is 0 Å². The van der Waals surface area contributed by atoms with E-state index in [0.717, 1.165) is 12.1 Å². The maximum absolute atomic E-state index is 13.2. The molecule has 1 amide bonds. The zero-order valence-electron chi connectivity index (χ0n) is 14.0. The number of aromatic nitrogens is 1. The third kappa shape index (κ3) is 4.20. The van der Waals surface area contributed by atoms with Crippen LogP contribution in [0.2, 0.25) is 5.15 Å². The van der Waals surface area contributed by atoms with Crippen LogP contribution < -0.4 is 5.32 Å². The summed E-state index contributed by atoms with van der Waals surface area (Å²) in [5.41, 5.74) is 0.716. The lowest BCUT2D eigenvalue weighted by Gasteiger charge is -2.14. The quantitative estimate of drug-likeness (QED) is 0.531. The van der Waals surface area contributed by atoms with E-state index < -0.39 is 29.6 Å². The Morgan fingerprint density at radius 3 is 2.59 bits per heavy atom. The Balaban J connectivity index is 1.75. The average molecular weight is 391 g/mol. The number of hydrogen-bond donors (Lipinski definition) is 1. The zero-order valence-corrected chi connectivity index (χ0v) is 14.8. The molecule has 27 heavy (non-hydrogen) atoms. The Kier molecular flexibility index (Phi) is 5.32. The molecule has 8 heteroatoms. The highest BCUT2D eigenvalue weighted by atomic mass is 35.5. The van der Waals surface area contributed by atoms with Crippen molar-refractivity contribution in [1.29, 1.82) is 0 Å². The number of para-hydroxylation sites is 1. The zero-order chi connectivity index (χ0) is 19.6. The molecule has 0 aliphatic rings. The molecule has 0 saturated heterocycles. The van der Waals surface area contributed by atoms with E-state index in [1.165, 1.54) is 19.1 Å². The first-order chi connectivity index (χ1) is 12.8. The van der Waals surface area contributed by atoms with Gasteiger partial charge in [-0.25, -0.2) is 18.6 Å². The minimum atomic E-state index is -1.18. The maximum atomic E-state index is 13.2. The highest BCUT2D eigenvalue weighted by Crippen LogP contribution is 2.22. The molecule has 0 radical (unpaired) electrons. The predicted octanol–water partition coefficient (Wildman–Crippen LogP) is 4.35. The molecule has 0 fully saturated rings. The van der Waals surface area contributed by atoms with Gasteiger partial charge in [-0.2, -0.15) is 0 Å². The number of fused-ring (bicyclic) bond motifs is 1. The summed E-state index contributed by atoms with van der Waals surface area (Å²) in [7, 11) is 0. The highest BCUT2D eigenvalue weighted by molar-refractivity contribution is 6.30. The van der Waals surface area contributed by atoms with E-state index in [2.05, 4.69) is 10.3 Å². The molecular weight excluding hydrogens is 378 g/mol. The van der Waals surface area contributed by atoms with Crippen molar-refractivity contribution in [2.24, 2.45) is 0 Å². The van der Waals surface area contributed by atoms with Crippen LogP contribution in [0, 0.1) is 11.6 Å². The van der Waals surface area contributed by atoms with Crippen LogP contribution >= 0.6 is 11.6 Å². The number of pyridine rings is 1. The molecule has 1 aromatic heterocycles. The summed E-state index contributed by atoms with van der Waals surface area (Å²) < 4.78 is 31.3. The first kappa shape index (κ1) is 18.7. The Hall–Kier alpha value is -3.06. The van der Waals surface area contributed by atoms with Gasteiger partial charge in [0, 0.05) is 17.1 Å². The number of esters is 1. The van der Waals surface area contributed by atoms with Crippen molar-refractivity contribution in [3.8, 4) is 0 Å². The van der Waals surface area contributed by atoms with Crippen molar-refractivity contribution in [3.05, 3.63) is 70.9 Å².